The van der Waals surface area contributed by atoms with Gasteiger partial charge in [-0.15, -0.1) is 0 Å². The van der Waals surface area contributed by atoms with Crippen LogP contribution in [-0.4, -0.2) is 34.4 Å². The number of nitrogens with one attached hydrogen (secondary N) is 1. The second-order valence-electron chi connectivity index (χ2n) is 5.33. The van der Waals surface area contributed by atoms with Gasteiger partial charge in [-0.1, -0.05) is 12.1 Å². The van der Waals surface area contributed by atoms with E-state index in [-0.39, 0.29) is 18.3 Å². The molecule has 1 N–H and O–H groups in total. The minimum Gasteiger partial charge on any atom is -0.316 e. The van der Waals surface area contributed by atoms with E-state index in [2.05, 4.69) is 5.32 Å². The molecule has 1 aliphatic heterocycles. The summed E-state index contributed by atoms with van der Waals surface area (Å²) in [5.74, 6) is 0.267. The third kappa shape index (κ3) is 4.85. The van der Waals surface area contributed by atoms with Gasteiger partial charge in [0.2, 0.25) is 0 Å². The highest BCUT2D eigenvalue weighted by Crippen LogP contribution is 2.24. The molecule has 0 bridgehead atoms. The number of halogens is 1. The molecule has 0 aliphatic carbocycles. The van der Waals surface area contributed by atoms with Crippen LogP contribution in [-0.2, 0) is 20.7 Å². The Balaban J connectivity index is 1.97. The molecule has 1 saturated heterocycles. The third-order valence-corrected chi connectivity index (χ3v) is 4.24. The van der Waals surface area contributed by atoms with E-state index >= 15 is 0 Å². The van der Waals surface area contributed by atoms with Crippen LogP contribution < -0.4 is 5.32 Å². The van der Waals surface area contributed by atoms with Crippen molar-refractivity contribution in [2.75, 3.05) is 26.0 Å². The van der Waals surface area contributed by atoms with E-state index in [4.69, 9.17) is 4.18 Å². The first-order valence-electron chi connectivity index (χ1n) is 6.73. The number of rotatable bonds is 5. The van der Waals surface area contributed by atoms with Crippen LogP contribution in [0.3, 0.4) is 0 Å². The Morgan fingerprint density at radius 1 is 1.30 bits per heavy atom. The maximum absolute atomic E-state index is 12.9. The molecule has 1 fully saturated rings. The van der Waals surface area contributed by atoms with E-state index in [9.17, 15) is 12.8 Å². The second-order valence-corrected chi connectivity index (χ2v) is 6.98. The Morgan fingerprint density at radius 2 is 2.00 bits per heavy atom. The van der Waals surface area contributed by atoms with Gasteiger partial charge < -0.3 is 5.32 Å². The van der Waals surface area contributed by atoms with Crippen LogP contribution in [0.2, 0.25) is 0 Å². The first-order chi connectivity index (χ1) is 9.44. The van der Waals surface area contributed by atoms with Crippen LogP contribution >= 0.6 is 0 Å². The zero-order chi connectivity index (χ0) is 14.6. The smallest absolute Gasteiger partial charge is 0.264 e. The van der Waals surface area contributed by atoms with Crippen molar-refractivity contribution in [3.8, 4) is 0 Å². The standard InChI is InChI=1S/C14H20FNO3S/c1-20(17,18)19-10-13-9-16-7-6-12(13)8-11-2-4-14(15)5-3-11/h2-5,12-13,16H,6-10H2,1H3/t12-,13-/m0/s1. The first-order valence-corrected chi connectivity index (χ1v) is 8.55. The van der Waals surface area contributed by atoms with Crippen LogP contribution in [0, 0.1) is 17.7 Å². The Kier molecular flexibility index (Phi) is 5.12. The van der Waals surface area contributed by atoms with E-state index in [1.807, 2.05) is 0 Å². The number of benzene rings is 1. The molecular weight excluding hydrogens is 281 g/mol. The molecule has 1 heterocycles. The maximum Gasteiger partial charge on any atom is 0.264 e. The predicted octanol–water partition coefficient (Wildman–Crippen LogP) is 1.57. The third-order valence-electron chi connectivity index (χ3n) is 3.67. The molecule has 0 amide bonds. The minimum atomic E-state index is -3.40. The molecule has 0 spiro atoms. The summed E-state index contributed by atoms with van der Waals surface area (Å²) in [4.78, 5) is 0. The van der Waals surface area contributed by atoms with Crippen molar-refractivity contribution in [2.24, 2.45) is 11.8 Å². The lowest BCUT2D eigenvalue weighted by Crippen LogP contribution is -2.40. The summed E-state index contributed by atoms with van der Waals surface area (Å²) in [7, 11) is -3.40. The Hall–Kier alpha value is -0.980. The average Bonchev–Trinajstić information content (AvgIpc) is 2.39. The van der Waals surface area contributed by atoms with Crippen LogP contribution in [0.25, 0.3) is 0 Å². The molecule has 2 rings (SSSR count). The monoisotopic (exact) mass is 301 g/mol. The van der Waals surface area contributed by atoms with Crippen molar-refractivity contribution in [1.82, 2.24) is 5.32 Å². The fraction of sp³-hybridized carbons (Fsp3) is 0.571. The highest BCUT2D eigenvalue weighted by molar-refractivity contribution is 7.85. The van der Waals surface area contributed by atoms with E-state index in [0.29, 0.717) is 5.92 Å². The highest BCUT2D eigenvalue weighted by atomic mass is 32.2. The molecule has 1 aliphatic rings. The molecule has 1 aromatic rings. The fourth-order valence-electron chi connectivity index (χ4n) is 2.58. The van der Waals surface area contributed by atoms with Crippen LogP contribution in [0.4, 0.5) is 4.39 Å². The average molecular weight is 301 g/mol. The molecule has 0 aromatic heterocycles. The Morgan fingerprint density at radius 3 is 2.65 bits per heavy atom. The molecule has 2 atom stereocenters. The van der Waals surface area contributed by atoms with Crippen molar-refractivity contribution >= 4 is 10.1 Å². The molecule has 0 saturated carbocycles. The molecular formula is C14H20FNO3S. The lowest BCUT2D eigenvalue weighted by Gasteiger charge is -2.31. The van der Waals surface area contributed by atoms with E-state index in [1.54, 1.807) is 12.1 Å². The summed E-state index contributed by atoms with van der Waals surface area (Å²) in [6.07, 6.45) is 2.85. The quantitative estimate of drug-likeness (QED) is 0.839. The summed E-state index contributed by atoms with van der Waals surface area (Å²) in [5.41, 5.74) is 1.07. The zero-order valence-electron chi connectivity index (χ0n) is 11.5. The minimum absolute atomic E-state index is 0.156. The number of hydrogen-bond acceptors (Lipinski definition) is 4. The summed E-state index contributed by atoms with van der Waals surface area (Å²) >= 11 is 0. The van der Waals surface area contributed by atoms with Crippen molar-refractivity contribution in [3.05, 3.63) is 35.6 Å². The summed E-state index contributed by atoms with van der Waals surface area (Å²) in [6.45, 7) is 1.88. The van der Waals surface area contributed by atoms with Crippen LogP contribution in [0.1, 0.15) is 12.0 Å². The molecule has 0 unspecified atom stereocenters. The topological polar surface area (TPSA) is 55.4 Å². The lowest BCUT2D eigenvalue weighted by molar-refractivity contribution is 0.165. The van der Waals surface area contributed by atoms with Crippen molar-refractivity contribution < 1.29 is 17.0 Å². The summed E-state index contributed by atoms with van der Waals surface area (Å²) < 4.78 is 40.0. The van der Waals surface area contributed by atoms with Crippen molar-refractivity contribution in [3.63, 3.8) is 0 Å². The maximum atomic E-state index is 12.9. The molecule has 4 nitrogen and oxygen atoms in total. The van der Waals surface area contributed by atoms with Gasteiger partial charge in [-0.25, -0.2) is 4.39 Å². The van der Waals surface area contributed by atoms with Gasteiger partial charge in [0.05, 0.1) is 12.9 Å². The summed E-state index contributed by atoms with van der Waals surface area (Å²) in [5, 5.41) is 3.26. The molecule has 112 valence electrons. The van der Waals surface area contributed by atoms with Gasteiger partial charge in [0.15, 0.2) is 0 Å². The second kappa shape index (κ2) is 6.65. The number of piperidine rings is 1. The zero-order valence-corrected chi connectivity index (χ0v) is 12.3. The largest absolute Gasteiger partial charge is 0.316 e. The van der Waals surface area contributed by atoms with Gasteiger partial charge in [-0.3, -0.25) is 4.18 Å². The normalized spacial score (nSPS) is 23.7. The number of hydrogen-bond donors (Lipinski definition) is 1. The van der Waals surface area contributed by atoms with Crippen LogP contribution in [0.15, 0.2) is 24.3 Å². The highest BCUT2D eigenvalue weighted by Gasteiger charge is 2.26. The lowest BCUT2D eigenvalue weighted by atomic mass is 9.82. The van der Waals surface area contributed by atoms with E-state index < -0.39 is 10.1 Å². The van der Waals surface area contributed by atoms with Crippen LogP contribution in [0.5, 0.6) is 0 Å². The van der Waals surface area contributed by atoms with Gasteiger partial charge in [0.25, 0.3) is 10.1 Å². The van der Waals surface area contributed by atoms with E-state index in [0.717, 1.165) is 37.8 Å². The molecule has 20 heavy (non-hydrogen) atoms. The van der Waals surface area contributed by atoms with Gasteiger partial charge in [0.1, 0.15) is 5.82 Å². The van der Waals surface area contributed by atoms with Gasteiger partial charge in [-0.05, 0) is 48.9 Å². The SMILES string of the molecule is CS(=O)(=O)OC[C@@H]1CNCC[C@H]1Cc1ccc(F)cc1. The Bertz CT molecular complexity index is 530. The van der Waals surface area contributed by atoms with Gasteiger partial charge in [0, 0.05) is 6.54 Å². The Labute approximate surface area is 119 Å². The van der Waals surface area contributed by atoms with E-state index in [1.165, 1.54) is 12.1 Å². The fourth-order valence-corrected chi connectivity index (χ4v) is 3.00. The molecule has 6 heteroatoms. The summed E-state index contributed by atoms with van der Waals surface area (Å²) in [6, 6.07) is 6.48. The molecule has 1 aromatic carbocycles. The van der Waals surface area contributed by atoms with Gasteiger partial charge >= 0.3 is 0 Å². The van der Waals surface area contributed by atoms with Crippen molar-refractivity contribution in [2.45, 2.75) is 12.8 Å². The van der Waals surface area contributed by atoms with Crippen molar-refractivity contribution in [1.29, 1.82) is 0 Å². The first kappa shape index (κ1) is 15.4. The molecule has 0 radical (unpaired) electrons. The van der Waals surface area contributed by atoms with Gasteiger partial charge in [-0.2, -0.15) is 8.42 Å². The predicted molar refractivity (Wildman–Crippen MR) is 75.4 cm³/mol.